The summed E-state index contributed by atoms with van der Waals surface area (Å²) >= 11 is 0. The number of nitrogens with zero attached hydrogens (tertiary/aromatic N) is 2. The lowest BCUT2D eigenvalue weighted by Gasteiger charge is -2.25. The number of likely N-dealkylation sites (N-methyl/N-ethyl adjacent to an activating group) is 1. The molecule has 0 fully saturated rings. The molecule has 5 nitrogen and oxygen atoms in total. The molecule has 0 unspecified atom stereocenters. The third-order valence-corrected chi connectivity index (χ3v) is 4.30. The second-order valence-corrected chi connectivity index (χ2v) is 6.84. The molecule has 0 saturated carbocycles. The zero-order valence-electron chi connectivity index (χ0n) is 16.4. The quantitative estimate of drug-likeness (QED) is 0.740. The molecule has 2 rings (SSSR count). The molecule has 0 spiro atoms. The number of carbonyl (C=O) groups is 2. The van der Waals surface area contributed by atoms with Crippen molar-refractivity contribution in [2.24, 2.45) is 0 Å². The molecule has 0 atom stereocenters. The van der Waals surface area contributed by atoms with Crippen molar-refractivity contribution in [1.82, 2.24) is 9.80 Å². The van der Waals surface area contributed by atoms with Crippen LogP contribution in [-0.2, 0) is 16.1 Å². The summed E-state index contributed by atoms with van der Waals surface area (Å²) < 4.78 is 0. The van der Waals surface area contributed by atoms with Crippen LogP contribution in [0.2, 0.25) is 0 Å². The lowest BCUT2D eigenvalue weighted by atomic mass is 10.2. The highest BCUT2D eigenvalue weighted by Gasteiger charge is 2.18. The molecule has 5 heteroatoms. The molecule has 0 bridgehead atoms. The highest BCUT2D eigenvalue weighted by molar-refractivity contribution is 5.95. The van der Waals surface area contributed by atoms with Crippen molar-refractivity contribution in [3.05, 3.63) is 65.7 Å². The third kappa shape index (κ3) is 6.87. The van der Waals surface area contributed by atoms with Crippen LogP contribution in [0, 0.1) is 6.92 Å². The normalized spacial score (nSPS) is 10.7. The van der Waals surface area contributed by atoms with E-state index in [1.54, 1.807) is 4.90 Å². The molecule has 0 aliphatic carbocycles. The maximum atomic E-state index is 12.7. The van der Waals surface area contributed by atoms with Crippen LogP contribution in [-0.4, -0.2) is 48.3 Å². The van der Waals surface area contributed by atoms with Gasteiger partial charge in [-0.1, -0.05) is 55.5 Å². The van der Waals surface area contributed by atoms with Crippen LogP contribution in [0.25, 0.3) is 0 Å². The van der Waals surface area contributed by atoms with Gasteiger partial charge in [0.1, 0.15) is 0 Å². The van der Waals surface area contributed by atoms with E-state index in [4.69, 9.17) is 0 Å². The Labute approximate surface area is 162 Å². The molecule has 0 aliphatic rings. The Morgan fingerprint density at radius 1 is 0.963 bits per heavy atom. The second-order valence-electron chi connectivity index (χ2n) is 6.84. The van der Waals surface area contributed by atoms with E-state index in [9.17, 15) is 9.59 Å². The van der Waals surface area contributed by atoms with E-state index >= 15 is 0 Å². The summed E-state index contributed by atoms with van der Waals surface area (Å²) in [4.78, 5) is 28.7. The van der Waals surface area contributed by atoms with E-state index in [2.05, 4.69) is 5.32 Å². The van der Waals surface area contributed by atoms with Crippen LogP contribution < -0.4 is 5.32 Å². The lowest BCUT2D eigenvalue weighted by molar-refractivity contribution is -0.135. The van der Waals surface area contributed by atoms with Crippen molar-refractivity contribution < 1.29 is 9.59 Å². The number of anilines is 1. The van der Waals surface area contributed by atoms with Crippen LogP contribution >= 0.6 is 0 Å². The maximum Gasteiger partial charge on any atom is 0.244 e. The Bertz CT molecular complexity index is 746. The van der Waals surface area contributed by atoms with E-state index in [0.717, 1.165) is 23.2 Å². The summed E-state index contributed by atoms with van der Waals surface area (Å²) in [6.45, 7) is 5.57. The Kier molecular flexibility index (Phi) is 8.01. The summed E-state index contributed by atoms with van der Waals surface area (Å²) in [5.74, 6) is -0.202. The summed E-state index contributed by atoms with van der Waals surface area (Å²) in [5, 5.41) is 2.90. The fourth-order valence-corrected chi connectivity index (χ4v) is 2.92. The molecular weight excluding hydrogens is 338 g/mol. The predicted molar refractivity (Wildman–Crippen MR) is 109 cm³/mol. The summed E-state index contributed by atoms with van der Waals surface area (Å²) in [5.41, 5.74) is 2.95. The molecule has 1 N–H and O–H groups in total. The molecule has 0 aliphatic heterocycles. The average Bonchev–Trinajstić information content (AvgIpc) is 2.64. The highest BCUT2D eigenvalue weighted by Crippen LogP contribution is 2.13. The maximum absolute atomic E-state index is 12.7. The summed E-state index contributed by atoms with van der Waals surface area (Å²) in [6.07, 6.45) is 0.811. The molecule has 0 saturated heterocycles. The average molecular weight is 367 g/mol. The molecule has 27 heavy (non-hydrogen) atoms. The van der Waals surface area contributed by atoms with Crippen molar-refractivity contribution in [2.75, 3.05) is 32.0 Å². The first-order chi connectivity index (χ1) is 13.0. The minimum atomic E-state index is -0.170. The number of benzene rings is 2. The largest absolute Gasteiger partial charge is 0.332 e. The van der Waals surface area contributed by atoms with E-state index in [-0.39, 0.29) is 24.9 Å². The van der Waals surface area contributed by atoms with Gasteiger partial charge in [-0.3, -0.25) is 14.5 Å². The monoisotopic (exact) mass is 367 g/mol. The number of carbonyl (C=O) groups excluding carboxylic acids is 2. The van der Waals surface area contributed by atoms with E-state index in [1.807, 2.05) is 80.4 Å². The van der Waals surface area contributed by atoms with Crippen molar-refractivity contribution in [1.29, 1.82) is 0 Å². The predicted octanol–water partition coefficient (Wildman–Crippen LogP) is 3.30. The van der Waals surface area contributed by atoms with Gasteiger partial charge >= 0.3 is 0 Å². The minimum Gasteiger partial charge on any atom is -0.332 e. The lowest BCUT2D eigenvalue weighted by Crippen LogP contribution is -2.43. The van der Waals surface area contributed by atoms with Crippen LogP contribution in [0.5, 0.6) is 0 Å². The van der Waals surface area contributed by atoms with Crippen LogP contribution in [0.1, 0.15) is 24.5 Å². The molecule has 2 aromatic carbocycles. The van der Waals surface area contributed by atoms with Gasteiger partial charge in [0.2, 0.25) is 11.8 Å². The molecule has 0 heterocycles. The number of para-hydroxylation sites is 1. The Morgan fingerprint density at radius 3 is 2.30 bits per heavy atom. The van der Waals surface area contributed by atoms with Gasteiger partial charge in [-0.2, -0.15) is 0 Å². The van der Waals surface area contributed by atoms with Gasteiger partial charge < -0.3 is 10.2 Å². The zero-order valence-corrected chi connectivity index (χ0v) is 16.4. The summed E-state index contributed by atoms with van der Waals surface area (Å²) in [7, 11) is 1.92. The Balaban J connectivity index is 1.91. The van der Waals surface area contributed by atoms with Crippen molar-refractivity contribution in [3.63, 3.8) is 0 Å². The molecule has 144 valence electrons. The fraction of sp³-hybridized carbons (Fsp3) is 0.364. The van der Waals surface area contributed by atoms with Gasteiger partial charge in [-0.25, -0.2) is 0 Å². The first kappa shape index (κ1) is 20.6. The molecule has 0 radical (unpaired) electrons. The number of hydrogen-bond donors (Lipinski definition) is 1. The number of nitrogens with one attached hydrogen (secondary N) is 1. The molecule has 2 amide bonds. The summed E-state index contributed by atoms with van der Waals surface area (Å²) in [6, 6.07) is 17.7. The van der Waals surface area contributed by atoms with Gasteiger partial charge in [0.25, 0.3) is 0 Å². The first-order valence-electron chi connectivity index (χ1n) is 9.35. The van der Waals surface area contributed by atoms with Gasteiger partial charge in [-0.05, 0) is 37.6 Å². The number of hydrogen-bond acceptors (Lipinski definition) is 3. The number of rotatable bonds is 9. The Morgan fingerprint density at radius 2 is 1.63 bits per heavy atom. The topological polar surface area (TPSA) is 52.7 Å². The Hall–Kier alpha value is -2.66. The smallest absolute Gasteiger partial charge is 0.244 e. The molecule has 2 aromatic rings. The van der Waals surface area contributed by atoms with Gasteiger partial charge in [0.15, 0.2) is 0 Å². The standard InChI is InChI=1S/C22H29N3O2/c1-4-14-25(16-21(26)23-20-13-9-8-10-18(20)2)22(27)17-24(3)15-19-11-6-5-7-12-19/h5-13H,4,14-17H2,1-3H3,(H,23,26). The van der Waals surface area contributed by atoms with E-state index < -0.39 is 0 Å². The molecule has 0 aromatic heterocycles. The van der Waals surface area contributed by atoms with Crippen LogP contribution in [0.3, 0.4) is 0 Å². The van der Waals surface area contributed by atoms with Crippen LogP contribution in [0.4, 0.5) is 5.69 Å². The fourth-order valence-electron chi connectivity index (χ4n) is 2.92. The number of aryl methyl sites for hydroxylation is 1. The second kappa shape index (κ2) is 10.5. The SMILES string of the molecule is CCCN(CC(=O)Nc1ccccc1C)C(=O)CN(C)Cc1ccccc1. The zero-order chi connectivity index (χ0) is 19.6. The van der Waals surface area contributed by atoms with E-state index in [0.29, 0.717) is 13.1 Å². The molecular formula is C22H29N3O2. The van der Waals surface area contributed by atoms with Crippen molar-refractivity contribution in [3.8, 4) is 0 Å². The third-order valence-electron chi connectivity index (χ3n) is 4.30. The van der Waals surface area contributed by atoms with Gasteiger partial charge in [-0.15, -0.1) is 0 Å². The van der Waals surface area contributed by atoms with Gasteiger partial charge in [0.05, 0.1) is 13.1 Å². The highest BCUT2D eigenvalue weighted by atomic mass is 16.2. The van der Waals surface area contributed by atoms with E-state index in [1.165, 1.54) is 0 Å². The van der Waals surface area contributed by atoms with Crippen molar-refractivity contribution in [2.45, 2.75) is 26.8 Å². The van der Waals surface area contributed by atoms with Gasteiger partial charge in [0, 0.05) is 18.8 Å². The van der Waals surface area contributed by atoms with Crippen molar-refractivity contribution >= 4 is 17.5 Å². The minimum absolute atomic E-state index is 0.0322. The number of amides is 2. The first-order valence-corrected chi connectivity index (χ1v) is 9.35. The van der Waals surface area contributed by atoms with Crippen LogP contribution in [0.15, 0.2) is 54.6 Å².